The maximum Gasteiger partial charge on any atom is 0.416 e. The molecule has 0 N–H and O–H groups in total. The molecular formula is C24H25F3O3. The number of carbonyl (C=O) groups excluding carboxylic acids is 2. The predicted octanol–water partition coefficient (Wildman–Crippen LogP) is 5.75. The molecule has 6 heteroatoms. The van der Waals surface area contributed by atoms with Crippen LogP contribution < -0.4 is 0 Å². The maximum atomic E-state index is 12.9. The average molecular weight is 418 g/mol. The number of allylic oxidation sites excluding steroid dienone is 5. The van der Waals surface area contributed by atoms with E-state index in [-0.39, 0.29) is 17.7 Å². The Morgan fingerprint density at radius 2 is 1.93 bits per heavy atom. The first-order valence-corrected chi connectivity index (χ1v) is 10.3. The van der Waals surface area contributed by atoms with Gasteiger partial charge in [-0.3, -0.25) is 9.59 Å². The van der Waals surface area contributed by atoms with Crippen LogP contribution >= 0.6 is 0 Å². The Morgan fingerprint density at radius 3 is 2.73 bits per heavy atom. The molecule has 1 aromatic carbocycles. The Morgan fingerprint density at radius 1 is 1.10 bits per heavy atom. The molecule has 0 amide bonds. The third kappa shape index (κ3) is 6.18. The normalized spacial score (nSPS) is 25.9. The molecule has 0 fully saturated rings. The molecule has 30 heavy (non-hydrogen) atoms. The van der Waals surface area contributed by atoms with Crippen molar-refractivity contribution in [1.82, 2.24) is 0 Å². The van der Waals surface area contributed by atoms with Crippen molar-refractivity contribution in [2.75, 3.05) is 0 Å². The summed E-state index contributed by atoms with van der Waals surface area (Å²) in [6.07, 6.45) is 8.03. The van der Waals surface area contributed by atoms with E-state index in [9.17, 15) is 22.8 Å². The van der Waals surface area contributed by atoms with Crippen LogP contribution in [0.4, 0.5) is 13.2 Å². The molecule has 0 saturated carbocycles. The van der Waals surface area contributed by atoms with Crippen LogP contribution in [0.25, 0.3) is 0 Å². The number of ketones is 1. The fraction of sp³-hybridized carbons (Fsp3) is 0.417. The highest BCUT2D eigenvalue weighted by Crippen LogP contribution is 2.30. The molecule has 1 heterocycles. The van der Waals surface area contributed by atoms with E-state index in [0.29, 0.717) is 43.2 Å². The molecule has 3 rings (SSSR count). The Hall–Kier alpha value is -2.63. The first-order valence-electron chi connectivity index (χ1n) is 10.3. The number of aryl methyl sites for hydroxylation is 1. The molecule has 2 aliphatic rings. The van der Waals surface area contributed by atoms with Crippen LogP contribution in [0.3, 0.4) is 0 Å². The standard InChI is InChI=1S/C24H25F3O3/c25-24(26,27)19-8-5-6-17(16-19)10-12-20-13-14-21-18(11-15-22(21)28)7-3-1-2-4-9-23(29)30-20/h1,3,5-6,8,11,14-16,18,20H,2,4,7,9-10,12-13H2/b3-1-,21-14+/t18-,20-/m0/s1. The van der Waals surface area contributed by atoms with Crippen molar-refractivity contribution in [2.45, 2.75) is 57.2 Å². The maximum absolute atomic E-state index is 12.9. The fourth-order valence-electron chi connectivity index (χ4n) is 3.73. The Balaban J connectivity index is 1.72. The van der Waals surface area contributed by atoms with Gasteiger partial charge in [0.2, 0.25) is 0 Å². The molecule has 2 atom stereocenters. The lowest BCUT2D eigenvalue weighted by atomic mass is 9.95. The van der Waals surface area contributed by atoms with Crippen molar-refractivity contribution in [1.29, 1.82) is 0 Å². The molecule has 0 spiro atoms. The van der Waals surface area contributed by atoms with Crippen LogP contribution in [0, 0.1) is 5.92 Å². The summed E-state index contributed by atoms with van der Waals surface area (Å²) in [6, 6.07) is 5.20. The van der Waals surface area contributed by atoms with Crippen LogP contribution in [0.5, 0.6) is 0 Å². The molecule has 1 aliphatic heterocycles. The number of cyclic esters (lactones) is 1. The number of alkyl halides is 3. The van der Waals surface area contributed by atoms with Gasteiger partial charge in [0.25, 0.3) is 0 Å². The number of benzene rings is 1. The highest BCUT2D eigenvalue weighted by Gasteiger charge is 2.30. The zero-order valence-electron chi connectivity index (χ0n) is 16.7. The number of fused-ring (bicyclic) bond motifs is 1. The molecule has 0 aromatic heterocycles. The van der Waals surface area contributed by atoms with E-state index < -0.39 is 17.8 Å². The number of halogens is 3. The van der Waals surface area contributed by atoms with Gasteiger partial charge in [0.1, 0.15) is 6.10 Å². The van der Waals surface area contributed by atoms with Gasteiger partial charge in [0.05, 0.1) is 5.56 Å². The predicted molar refractivity (Wildman–Crippen MR) is 108 cm³/mol. The minimum atomic E-state index is -4.39. The van der Waals surface area contributed by atoms with Crippen molar-refractivity contribution >= 4 is 11.8 Å². The Labute approximate surface area is 174 Å². The lowest BCUT2D eigenvalue weighted by Crippen LogP contribution is -2.19. The minimum Gasteiger partial charge on any atom is -0.462 e. The van der Waals surface area contributed by atoms with Gasteiger partial charge < -0.3 is 4.74 Å². The highest BCUT2D eigenvalue weighted by atomic mass is 19.4. The summed E-state index contributed by atoms with van der Waals surface area (Å²) in [6.45, 7) is 0. The summed E-state index contributed by atoms with van der Waals surface area (Å²) < 4.78 is 44.4. The molecule has 0 saturated heterocycles. The SMILES string of the molecule is O=C1CCC/C=C\C[C@H]2C=CC(=O)/C2=C/C[C@H](CCc2cccc(C(F)(F)F)c2)O1. The Bertz CT molecular complexity index is 865. The Kier molecular flexibility index (Phi) is 7.29. The van der Waals surface area contributed by atoms with E-state index in [1.807, 2.05) is 24.3 Å². The second-order valence-corrected chi connectivity index (χ2v) is 7.67. The number of rotatable bonds is 3. The summed E-state index contributed by atoms with van der Waals surface area (Å²) in [7, 11) is 0. The molecule has 0 bridgehead atoms. The van der Waals surface area contributed by atoms with E-state index in [1.165, 1.54) is 6.07 Å². The summed E-state index contributed by atoms with van der Waals surface area (Å²) >= 11 is 0. The van der Waals surface area contributed by atoms with Gasteiger partial charge in [0, 0.05) is 24.3 Å². The van der Waals surface area contributed by atoms with Crippen molar-refractivity contribution in [3.05, 3.63) is 71.3 Å². The van der Waals surface area contributed by atoms with Gasteiger partial charge in [-0.05, 0) is 49.8 Å². The molecule has 3 nitrogen and oxygen atoms in total. The van der Waals surface area contributed by atoms with E-state index in [1.54, 1.807) is 12.1 Å². The summed E-state index contributed by atoms with van der Waals surface area (Å²) in [5.74, 6) is -0.330. The van der Waals surface area contributed by atoms with Gasteiger partial charge in [-0.25, -0.2) is 0 Å². The molecular weight excluding hydrogens is 393 g/mol. The molecule has 1 aliphatic carbocycles. The lowest BCUT2D eigenvalue weighted by molar-refractivity contribution is -0.149. The average Bonchev–Trinajstić information content (AvgIpc) is 3.05. The summed E-state index contributed by atoms with van der Waals surface area (Å²) in [5.41, 5.74) is 0.545. The first kappa shape index (κ1) is 22.1. The van der Waals surface area contributed by atoms with Crippen molar-refractivity contribution in [3.8, 4) is 0 Å². The van der Waals surface area contributed by atoms with Gasteiger partial charge in [0.15, 0.2) is 5.78 Å². The second-order valence-electron chi connectivity index (χ2n) is 7.67. The number of hydrogen-bond acceptors (Lipinski definition) is 3. The van der Waals surface area contributed by atoms with E-state index in [0.717, 1.165) is 25.0 Å². The van der Waals surface area contributed by atoms with Crippen LogP contribution in [0.15, 0.2) is 60.2 Å². The van der Waals surface area contributed by atoms with Crippen molar-refractivity contribution in [3.63, 3.8) is 0 Å². The van der Waals surface area contributed by atoms with Crippen LogP contribution in [-0.2, 0) is 26.9 Å². The number of esters is 1. The van der Waals surface area contributed by atoms with Gasteiger partial charge >= 0.3 is 12.1 Å². The van der Waals surface area contributed by atoms with Crippen LogP contribution in [0.1, 0.15) is 49.7 Å². The van der Waals surface area contributed by atoms with Gasteiger partial charge in [-0.1, -0.05) is 42.5 Å². The highest BCUT2D eigenvalue weighted by molar-refractivity contribution is 6.07. The summed E-state index contributed by atoms with van der Waals surface area (Å²) in [4.78, 5) is 24.4. The van der Waals surface area contributed by atoms with E-state index >= 15 is 0 Å². The first-order chi connectivity index (χ1) is 14.3. The van der Waals surface area contributed by atoms with Crippen LogP contribution in [-0.4, -0.2) is 17.9 Å². The molecule has 0 unspecified atom stereocenters. The summed E-state index contributed by atoms with van der Waals surface area (Å²) in [5, 5.41) is 0. The van der Waals surface area contributed by atoms with E-state index in [2.05, 4.69) is 0 Å². The molecule has 1 aromatic rings. The zero-order valence-corrected chi connectivity index (χ0v) is 16.7. The monoisotopic (exact) mass is 418 g/mol. The molecule has 160 valence electrons. The third-order valence-corrected chi connectivity index (χ3v) is 5.38. The van der Waals surface area contributed by atoms with Gasteiger partial charge in [-0.2, -0.15) is 13.2 Å². The minimum absolute atomic E-state index is 0.0225. The topological polar surface area (TPSA) is 43.4 Å². The van der Waals surface area contributed by atoms with Gasteiger partial charge in [-0.15, -0.1) is 0 Å². The number of carbonyl (C=O) groups is 2. The van der Waals surface area contributed by atoms with E-state index in [4.69, 9.17) is 4.74 Å². The number of ether oxygens (including phenoxy) is 1. The zero-order chi connectivity index (χ0) is 21.6. The smallest absolute Gasteiger partial charge is 0.416 e. The quantitative estimate of drug-likeness (QED) is 0.464. The largest absolute Gasteiger partial charge is 0.462 e. The second kappa shape index (κ2) is 9.92. The van der Waals surface area contributed by atoms with Crippen LogP contribution in [0.2, 0.25) is 0 Å². The fourth-order valence-corrected chi connectivity index (χ4v) is 3.73. The van der Waals surface area contributed by atoms with Crippen molar-refractivity contribution in [2.24, 2.45) is 5.92 Å². The third-order valence-electron chi connectivity index (χ3n) is 5.38. The lowest BCUT2D eigenvalue weighted by Gasteiger charge is -2.18. The number of hydrogen-bond donors (Lipinski definition) is 0. The molecule has 0 radical (unpaired) electrons. The van der Waals surface area contributed by atoms with Crippen molar-refractivity contribution < 1.29 is 27.5 Å².